The third-order valence-corrected chi connectivity index (χ3v) is 13.2. The van der Waals surface area contributed by atoms with Gasteiger partial charge in [0.15, 0.2) is 22.7 Å². The zero-order valence-corrected chi connectivity index (χ0v) is 39.4. The molecule has 6 aromatic heterocycles. The van der Waals surface area contributed by atoms with Gasteiger partial charge in [-0.05, 0) is 89.2 Å². The highest BCUT2D eigenvalue weighted by atomic mass is 19.1. The maximum atomic E-state index is 13.5. The van der Waals surface area contributed by atoms with Crippen LogP contribution in [0, 0.1) is 11.9 Å². The molecule has 0 bridgehead atoms. The molecule has 0 aromatic carbocycles. The average Bonchev–Trinajstić information content (AvgIpc) is 4.28. The van der Waals surface area contributed by atoms with Crippen LogP contribution in [-0.4, -0.2) is 147 Å². The number of aliphatic hydroxyl groups is 3. The summed E-state index contributed by atoms with van der Waals surface area (Å²) in [5, 5.41) is 59.9. The maximum absolute atomic E-state index is 13.5. The highest BCUT2D eigenvalue weighted by Gasteiger charge is 2.29. The number of nitrogens with one attached hydrogen (secondary N) is 7. The molecule has 0 spiro atoms. The Morgan fingerprint density at radius 2 is 0.986 bits per heavy atom. The fraction of sp³-hybridized carbons (Fsp3) is 0.500. The van der Waals surface area contributed by atoms with Gasteiger partial charge in [0, 0.05) is 104 Å². The van der Waals surface area contributed by atoms with E-state index < -0.39 is 23.7 Å². The van der Waals surface area contributed by atoms with Gasteiger partial charge in [-0.2, -0.15) is 8.78 Å². The van der Waals surface area contributed by atoms with Crippen LogP contribution in [0.4, 0.5) is 43.2 Å². The van der Waals surface area contributed by atoms with Gasteiger partial charge in [0.05, 0.1) is 43.6 Å². The third-order valence-electron chi connectivity index (χ3n) is 13.2. The van der Waals surface area contributed by atoms with Gasteiger partial charge in [0.25, 0.3) is 11.8 Å². The van der Waals surface area contributed by atoms with E-state index in [1.54, 1.807) is 0 Å². The molecule has 2 amide bonds. The van der Waals surface area contributed by atoms with Crippen molar-refractivity contribution >= 4 is 57.5 Å². The fourth-order valence-corrected chi connectivity index (χ4v) is 9.29. The molecule has 0 atom stereocenters. The van der Waals surface area contributed by atoms with Crippen molar-refractivity contribution in [2.45, 2.75) is 113 Å². The van der Waals surface area contributed by atoms with E-state index in [9.17, 15) is 28.6 Å². The van der Waals surface area contributed by atoms with Gasteiger partial charge in [0.2, 0.25) is 11.9 Å². The van der Waals surface area contributed by atoms with Crippen LogP contribution in [-0.2, 0) is 0 Å². The second-order valence-corrected chi connectivity index (χ2v) is 18.6. The normalized spacial score (nSPS) is 20.0. The summed E-state index contributed by atoms with van der Waals surface area (Å²) in [6, 6.07) is 11.3. The molecule has 6 heterocycles. The highest BCUT2D eigenvalue weighted by Crippen LogP contribution is 2.32. The standard InChI is InChI=1S/C25H33FN8O3.C23H29FN8O2/c26-22-13-18(7-8-27-22)31-25(37)21-15-28-24-20(29-16-1-2-16)14-23(32-34(21)24)30-17-3-5-19(6-4-17)33(9-11-35)10-12-36;24-20-11-17(7-8-26-20)30-23(34)19-13-27-22-18(28-15-5-6-15)12-21(31-32(19)22)29-16-3-1-14(2-4-16)25-9-10-33/h7-8,13-17,19,29,35-36H,1-6,9-12H2,(H,30,32)(H,27,31,37);7-8,11-16,25,28,33H,1-6,9-10H2,(H,29,31)(H,26,30,34). The van der Waals surface area contributed by atoms with Crippen molar-refractivity contribution in [1.29, 1.82) is 0 Å². The molecule has 21 nitrogen and oxygen atoms in total. The number of fused-ring (bicyclic) bond motifs is 2. The molecule has 10 N–H and O–H groups in total. The SMILES string of the molecule is O=C(Nc1ccnc(F)c1)c1cnc2c(NC3CC3)cc(NC3CCC(N(CCO)CCO)CC3)nn12.O=C(Nc1ccnc(F)c1)c1cnc2c(NC3CC3)cc(NC3CCC(NCCO)CC3)nn12. The highest BCUT2D eigenvalue weighted by molar-refractivity contribution is 6.04. The summed E-state index contributed by atoms with van der Waals surface area (Å²) in [6.07, 6.45) is 17.7. The second kappa shape index (κ2) is 23.1. The first-order valence-corrected chi connectivity index (χ1v) is 24.6. The number of carbonyl (C=O) groups excluding carboxylic acids is 2. The summed E-state index contributed by atoms with van der Waals surface area (Å²) in [7, 11) is 0. The lowest BCUT2D eigenvalue weighted by atomic mass is 9.90. The van der Waals surface area contributed by atoms with E-state index in [4.69, 9.17) is 10.2 Å². The first kappa shape index (κ1) is 49.3. The lowest BCUT2D eigenvalue weighted by molar-refractivity contribution is 0.0991. The van der Waals surface area contributed by atoms with Gasteiger partial charge in [-0.25, -0.2) is 29.0 Å². The van der Waals surface area contributed by atoms with Gasteiger partial charge in [0.1, 0.15) is 11.6 Å². The van der Waals surface area contributed by atoms with Crippen LogP contribution in [0.3, 0.4) is 0 Å². The first-order chi connectivity index (χ1) is 34.6. The van der Waals surface area contributed by atoms with E-state index in [-0.39, 0.29) is 43.3 Å². The number of halogens is 2. The Morgan fingerprint density at radius 1 is 0.563 bits per heavy atom. The van der Waals surface area contributed by atoms with Crippen LogP contribution in [0.15, 0.2) is 61.2 Å². The molecule has 10 rings (SSSR count). The van der Waals surface area contributed by atoms with E-state index in [0.29, 0.717) is 78.1 Å². The largest absolute Gasteiger partial charge is 0.395 e. The van der Waals surface area contributed by atoms with E-state index in [2.05, 4.69) is 67.2 Å². The van der Waals surface area contributed by atoms with E-state index >= 15 is 0 Å². The Morgan fingerprint density at radius 3 is 1.41 bits per heavy atom. The molecule has 71 heavy (non-hydrogen) atoms. The molecule has 0 radical (unpaired) electrons. The molecule has 4 aliphatic rings. The summed E-state index contributed by atoms with van der Waals surface area (Å²) in [4.78, 5) is 44.0. The number of pyridine rings is 2. The van der Waals surface area contributed by atoms with Crippen LogP contribution < -0.4 is 37.2 Å². The monoisotopic (exact) mass is 981 g/mol. The summed E-state index contributed by atoms with van der Waals surface area (Å²) in [5.41, 5.74) is 3.85. The number of carbonyl (C=O) groups is 2. The fourth-order valence-electron chi connectivity index (χ4n) is 9.29. The average molecular weight is 981 g/mol. The van der Waals surface area contributed by atoms with Crippen molar-refractivity contribution < 1.29 is 33.7 Å². The quantitative estimate of drug-likeness (QED) is 0.0472. The summed E-state index contributed by atoms with van der Waals surface area (Å²) in [6.45, 7) is 2.06. The molecule has 4 aliphatic carbocycles. The summed E-state index contributed by atoms with van der Waals surface area (Å²) in [5.74, 6) is -0.919. The lowest BCUT2D eigenvalue weighted by Gasteiger charge is -2.36. The number of nitrogens with zero attached hydrogens (tertiary/aromatic N) is 9. The van der Waals surface area contributed by atoms with Crippen molar-refractivity contribution in [2.75, 3.05) is 71.4 Å². The van der Waals surface area contributed by atoms with Gasteiger partial charge in [-0.3, -0.25) is 14.5 Å². The molecule has 23 heteroatoms. The second-order valence-electron chi connectivity index (χ2n) is 18.6. The molecular formula is C48H62F2N16O5. The van der Waals surface area contributed by atoms with Crippen molar-refractivity contribution in [3.63, 3.8) is 0 Å². The summed E-state index contributed by atoms with van der Waals surface area (Å²) >= 11 is 0. The zero-order chi connectivity index (χ0) is 49.3. The maximum Gasteiger partial charge on any atom is 0.276 e. The van der Waals surface area contributed by atoms with E-state index in [1.165, 1.54) is 46.0 Å². The van der Waals surface area contributed by atoms with Gasteiger partial charge >= 0.3 is 0 Å². The molecule has 6 aromatic rings. The molecule has 4 saturated carbocycles. The van der Waals surface area contributed by atoms with Crippen molar-refractivity contribution in [1.82, 2.24) is 49.4 Å². The van der Waals surface area contributed by atoms with E-state index in [0.717, 1.165) is 101 Å². The molecule has 0 saturated heterocycles. The van der Waals surface area contributed by atoms with Crippen LogP contribution in [0.1, 0.15) is 98.0 Å². The number of aromatic nitrogens is 8. The molecular weight excluding hydrogens is 919 g/mol. The predicted octanol–water partition coefficient (Wildman–Crippen LogP) is 4.49. The Hall–Kier alpha value is -6.66. The van der Waals surface area contributed by atoms with Crippen LogP contribution >= 0.6 is 0 Å². The minimum Gasteiger partial charge on any atom is -0.395 e. The number of hydrogen-bond acceptors (Lipinski definition) is 17. The third kappa shape index (κ3) is 13.0. The Balaban J connectivity index is 0.000000176. The topological polar surface area (TPSA) is 268 Å². The minimum absolute atomic E-state index is 0.0792. The predicted molar refractivity (Wildman–Crippen MR) is 264 cm³/mol. The number of imidazole rings is 2. The molecule has 4 fully saturated rings. The molecule has 0 unspecified atom stereocenters. The first-order valence-electron chi connectivity index (χ1n) is 24.6. The van der Waals surface area contributed by atoms with E-state index in [1.807, 2.05) is 12.1 Å². The zero-order valence-electron chi connectivity index (χ0n) is 39.4. The number of amides is 2. The number of anilines is 6. The number of hydrogen-bond donors (Lipinski definition) is 10. The Labute approximate surface area is 408 Å². The molecule has 0 aliphatic heterocycles. The molecule has 378 valence electrons. The lowest BCUT2D eigenvalue weighted by Crippen LogP contribution is -2.43. The van der Waals surface area contributed by atoms with Crippen molar-refractivity contribution in [2.24, 2.45) is 0 Å². The van der Waals surface area contributed by atoms with Crippen molar-refractivity contribution in [3.05, 3.63) is 84.5 Å². The summed E-state index contributed by atoms with van der Waals surface area (Å²) < 4.78 is 30.0. The number of aliphatic hydroxyl groups excluding tert-OH is 3. The van der Waals surface area contributed by atoms with Gasteiger partial charge in [-0.15, -0.1) is 10.2 Å². The smallest absolute Gasteiger partial charge is 0.276 e. The number of rotatable bonds is 20. The van der Waals surface area contributed by atoms with Crippen LogP contribution in [0.25, 0.3) is 11.3 Å². The van der Waals surface area contributed by atoms with Crippen LogP contribution in [0.2, 0.25) is 0 Å². The Bertz CT molecular complexity index is 2750. The van der Waals surface area contributed by atoms with Crippen LogP contribution in [0.5, 0.6) is 0 Å². The Kier molecular flexibility index (Phi) is 16.0. The van der Waals surface area contributed by atoms with Gasteiger partial charge in [-0.1, -0.05) is 0 Å². The minimum atomic E-state index is -0.679. The van der Waals surface area contributed by atoms with Crippen molar-refractivity contribution in [3.8, 4) is 0 Å². The van der Waals surface area contributed by atoms with Gasteiger partial charge < -0.3 is 52.5 Å².